The zero-order valence-electron chi connectivity index (χ0n) is 13.6. The Hall–Kier alpha value is -2.11. The molecule has 0 aliphatic carbocycles. The van der Waals surface area contributed by atoms with E-state index in [0.717, 1.165) is 21.3 Å². The third-order valence-electron chi connectivity index (χ3n) is 3.57. The van der Waals surface area contributed by atoms with E-state index < -0.39 is 0 Å². The fourth-order valence-corrected chi connectivity index (χ4v) is 3.77. The first-order chi connectivity index (χ1) is 11.5. The van der Waals surface area contributed by atoms with Gasteiger partial charge in [0.2, 0.25) is 5.88 Å². The molecule has 0 atom stereocenters. The highest BCUT2D eigenvalue weighted by Crippen LogP contribution is 2.35. The van der Waals surface area contributed by atoms with Gasteiger partial charge in [0.05, 0.1) is 6.61 Å². The molecule has 0 saturated carbocycles. The van der Waals surface area contributed by atoms with E-state index in [9.17, 15) is 4.79 Å². The minimum absolute atomic E-state index is 0.308. The molecule has 2 heterocycles. The topological polar surface area (TPSA) is 48.4 Å². The number of thiophene rings is 1. The first-order valence-electron chi connectivity index (χ1n) is 7.51. The third kappa shape index (κ3) is 3.23. The van der Waals surface area contributed by atoms with E-state index in [0.29, 0.717) is 28.1 Å². The van der Waals surface area contributed by atoms with Gasteiger partial charge in [0.15, 0.2) is 0 Å². The lowest BCUT2D eigenvalue weighted by atomic mass is 10.1. The molecule has 3 aromatic rings. The normalized spacial score (nSPS) is 10.8. The van der Waals surface area contributed by atoms with E-state index in [2.05, 4.69) is 4.98 Å². The molecule has 3 rings (SSSR count). The highest BCUT2D eigenvalue weighted by Gasteiger charge is 2.19. The van der Waals surface area contributed by atoms with Crippen LogP contribution in [0.5, 0.6) is 11.6 Å². The molecule has 0 bridgehead atoms. The molecule has 0 amide bonds. The Morgan fingerprint density at radius 3 is 2.62 bits per heavy atom. The molecular weight excluding hydrogens is 346 g/mol. The molecule has 0 aliphatic heterocycles. The number of esters is 1. The molecule has 1 aromatic carbocycles. The zero-order chi connectivity index (χ0) is 17.3. The summed E-state index contributed by atoms with van der Waals surface area (Å²) in [5.41, 5.74) is 1.91. The lowest BCUT2D eigenvalue weighted by Crippen LogP contribution is -2.03. The number of halogens is 1. The number of aromatic nitrogens is 1. The monoisotopic (exact) mass is 361 g/mol. The fourth-order valence-electron chi connectivity index (χ4n) is 2.50. The van der Waals surface area contributed by atoms with Gasteiger partial charge < -0.3 is 9.47 Å². The Balaban J connectivity index is 2.00. The van der Waals surface area contributed by atoms with E-state index in [1.54, 1.807) is 31.2 Å². The van der Waals surface area contributed by atoms with Crippen molar-refractivity contribution >= 4 is 39.1 Å². The van der Waals surface area contributed by atoms with Crippen LogP contribution in [-0.4, -0.2) is 17.6 Å². The maximum atomic E-state index is 12.1. The third-order valence-corrected chi connectivity index (χ3v) is 4.99. The Morgan fingerprint density at radius 1 is 1.25 bits per heavy atom. The lowest BCUT2D eigenvalue weighted by molar-refractivity contribution is 0.0531. The molecule has 0 saturated heterocycles. The molecule has 24 heavy (non-hydrogen) atoms. The molecule has 0 N–H and O–H groups in total. The number of hydrogen-bond acceptors (Lipinski definition) is 5. The van der Waals surface area contributed by atoms with Crippen LogP contribution in [0.4, 0.5) is 0 Å². The van der Waals surface area contributed by atoms with Crippen LogP contribution in [0.3, 0.4) is 0 Å². The van der Waals surface area contributed by atoms with Gasteiger partial charge in [0, 0.05) is 16.5 Å². The summed E-state index contributed by atoms with van der Waals surface area (Å²) in [6.07, 6.45) is 0. The van der Waals surface area contributed by atoms with Gasteiger partial charge in [-0.05, 0) is 56.2 Å². The van der Waals surface area contributed by atoms with Crippen molar-refractivity contribution in [2.24, 2.45) is 0 Å². The summed E-state index contributed by atoms with van der Waals surface area (Å²) in [4.78, 5) is 18.0. The van der Waals surface area contributed by atoms with Gasteiger partial charge in [0.25, 0.3) is 0 Å². The molecule has 6 heteroatoms. The largest absolute Gasteiger partial charge is 0.462 e. The van der Waals surface area contributed by atoms with E-state index in [-0.39, 0.29) is 5.97 Å². The number of carbonyl (C=O) groups is 1. The minimum atomic E-state index is -0.308. The van der Waals surface area contributed by atoms with Crippen molar-refractivity contribution in [2.45, 2.75) is 20.8 Å². The van der Waals surface area contributed by atoms with Crippen LogP contribution in [0.2, 0.25) is 5.02 Å². The number of ether oxygens (including phenoxy) is 2. The molecule has 4 nitrogen and oxygen atoms in total. The molecule has 2 aromatic heterocycles. The average molecular weight is 362 g/mol. The first kappa shape index (κ1) is 16.7. The number of hydrogen-bond donors (Lipinski definition) is 0. The maximum absolute atomic E-state index is 12.1. The number of aryl methyl sites for hydroxylation is 2. The Labute approximate surface area is 149 Å². The van der Waals surface area contributed by atoms with Crippen LogP contribution in [0.25, 0.3) is 10.2 Å². The summed E-state index contributed by atoms with van der Waals surface area (Å²) in [7, 11) is 0. The van der Waals surface area contributed by atoms with E-state index in [4.69, 9.17) is 21.1 Å². The van der Waals surface area contributed by atoms with Crippen molar-refractivity contribution in [1.82, 2.24) is 4.98 Å². The predicted octanol–water partition coefficient (Wildman–Crippen LogP) is 5.54. The number of fused-ring (bicyclic) bond motifs is 1. The van der Waals surface area contributed by atoms with Gasteiger partial charge >= 0.3 is 5.97 Å². The van der Waals surface area contributed by atoms with Crippen molar-refractivity contribution in [3.63, 3.8) is 0 Å². The average Bonchev–Trinajstić information content (AvgIpc) is 2.87. The van der Waals surface area contributed by atoms with Crippen molar-refractivity contribution in [2.75, 3.05) is 6.61 Å². The number of nitrogens with zero attached hydrogens (tertiary/aromatic N) is 1. The van der Waals surface area contributed by atoms with E-state index in [1.165, 1.54) is 11.3 Å². The minimum Gasteiger partial charge on any atom is -0.462 e. The Bertz CT molecular complexity index is 903. The zero-order valence-corrected chi connectivity index (χ0v) is 15.1. The maximum Gasteiger partial charge on any atom is 0.348 e. The fraction of sp³-hybridized carbons (Fsp3) is 0.222. The van der Waals surface area contributed by atoms with Gasteiger partial charge in [-0.15, -0.1) is 11.3 Å². The molecule has 0 fully saturated rings. The first-order valence-corrected chi connectivity index (χ1v) is 8.70. The number of benzene rings is 1. The van der Waals surface area contributed by atoms with Crippen molar-refractivity contribution in [3.05, 3.63) is 51.4 Å². The summed E-state index contributed by atoms with van der Waals surface area (Å²) in [5.74, 6) is 0.834. The highest BCUT2D eigenvalue weighted by atomic mass is 35.5. The summed E-state index contributed by atoms with van der Waals surface area (Å²) < 4.78 is 10.9. The second-order valence-corrected chi connectivity index (χ2v) is 6.73. The van der Waals surface area contributed by atoms with E-state index in [1.807, 2.05) is 19.9 Å². The molecule has 0 aliphatic rings. The number of carbonyl (C=O) groups excluding carboxylic acids is 1. The van der Waals surface area contributed by atoms with E-state index >= 15 is 0 Å². The van der Waals surface area contributed by atoms with Gasteiger partial charge in [-0.1, -0.05) is 11.6 Å². The van der Waals surface area contributed by atoms with Crippen LogP contribution in [-0.2, 0) is 4.74 Å². The molecule has 0 unspecified atom stereocenters. The molecule has 124 valence electrons. The van der Waals surface area contributed by atoms with Crippen LogP contribution >= 0.6 is 22.9 Å². The van der Waals surface area contributed by atoms with Crippen LogP contribution < -0.4 is 4.74 Å². The predicted molar refractivity (Wildman–Crippen MR) is 96.6 cm³/mol. The van der Waals surface area contributed by atoms with Crippen molar-refractivity contribution in [1.29, 1.82) is 0 Å². The summed E-state index contributed by atoms with van der Waals surface area (Å²) >= 11 is 7.21. The Kier molecular flexibility index (Phi) is 4.73. The van der Waals surface area contributed by atoms with Crippen molar-refractivity contribution < 1.29 is 14.3 Å². The lowest BCUT2D eigenvalue weighted by Gasteiger charge is -2.06. The second kappa shape index (κ2) is 6.79. The molecule has 0 spiro atoms. The number of rotatable bonds is 4. The van der Waals surface area contributed by atoms with Gasteiger partial charge in [-0.3, -0.25) is 0 Å². The smallest absolute Gasteiger partial charge is 0.348 e. The van der Waals surface area contributed by atoms with Crippen LogP contribution in [0.1, 0.15) is 27.7 Å². The van der Waals surface area contributed by atoms with Gasteiger partial charge in [0.1, 0.15) is 15.5 Å². The Morgan fingerprint density at radius 2 is 1.96 bits per heavy atom. The van der Waals surface area contributed by atoms with Gasteiger partial charge in [-0.25, -0.2) is 9.78 Å². The number of pyridine rings is 1. The van der Waals surface area contributed by atoms with Crippen LogP contribution in [0, 0.1) is 13.8 Å². The SMILES string of the molecule is CCOC(=O)c1sc2nc(Oc3ccc(Cl)cc3)cc(C)c2c1C. The van der Waals surface area contributed by atoms with Crippen LogP contribution in [0.15, 0.2) is 30.3 Å². The molecule has 0 radical (unpaired) electrons. The summed E-state index contributed by atoms with van der Waals surface area (Å²) in [6, 6.07) is 8.96. The highest BCUT2D eigenvalue weighted by molar-refractivity contribution is 7.20. The quantitative estimate of drug-likeness (QED) is 0.573. The molecular formula is C18H16ClNO3S. The standard InChI is InChI=1S/C18H16ClNO3S/c1-4-22-18(21)16-11(3)15-10(2)9-14(20-17(15)24-16)23-13-7-5-12(19)6-8-13/h5-9H,4H2,1-3H3. The van der Waals surface area contributed by atoms with Gasteiger partial charge in [-0.2, -0.15) is 0 Å². The summed E-state index contributed by atoms with van der Waals surface area (Å²) in [5, 5.41) is 1.63. The second-order valence-electron chi connectivity index (χ2n) is 5.29. The summed E-state index contributed by atoms with van der Waals surface area (Å²) in [6.45, 7) is 6.04. The van der Waals surface area contributed by atoms with Crippen molar-refractivity contribution in [3.8, 4) is 11.6 Å².